The maximum absolute atomic E-state index is 11.4. The smallest absolute Gasteiger partial charge is 0.0503 e. The zero-order valence-corrected chi connectivity index (χ0v) is 9.20. The summed E-state index contributed by atoms with van der Waals surface area (Å²) in [6, 6.07) is 0.420. The van der Waals surface area contributed by atoms with Gasteiger partial charge >= 0.3 is 0 Å². The van der Waals surface area contributed by atoms with E-state index in [2.05, 4.69) is 19.2 Å². The van der Waals surface area contributed by atoms with E-state index in [1.54, 1.807) is 0 Å². The third kappa shape index (κ3) is 1.72. The lowest BCUT2D eigenvalue weighted by Crippen LogP contribution is -2.43. The minimum atomic E-state index is -0.680. The Morgan fingerprint density at radius 2 is 2.08 bits per heavy atom. The molecule has 0 spiro atoms. The van der Waals surface area contributed by atoms with Crippen LogP contribution in [0.4, 0.5) is 0 Å². The molecule has 0 amide bonds. The van der Waals surface area contributed by atoms with Gasteiger partial charge in [0.1, 0.15) is 0 Å². The first kappa shape index (κ1) is 10.2. The molecule has 3 heteroatoms. The normalized spacial score (nSPS) is 36.7. The number of hydrogen-bond acceptors (Lipinski definition) is 2. The maximum atomic E-state index is 11.4. The predicted octanol–water partition coefficient (Wildman–Crippen LogP) is 1.14. The van der Waals surface area contributed by atoms with Crippen LogP contribution in [0.3, 0.4) is 0 Å². The quantitative estimate of drug-likeness (QED) is 0.706. The Morgan fingerprint density at radius 1 is 1.50 bits per heavy atom. The van der Waals surface area contributed by atoms with E-state index >= 15 is 0 Å². The fraction of sp³-hybridized carbons (Fsp3) is 1.00. The lowest BCUT2D eigenvalue weighted by molar-refractivity contribution is 0.299. The second-order valence-electron chi connectivity index (χ2n) is 4.33. The average Bonchev–Trinajstić information content (AvgIpc) is 2.24. The second-order valence-corrected chi connectivity index (χ2v) is 5.93. The summed E-state index contributed by atoms with van der Waals surface area (Å²) < 4.78 is 11.4. The number of rotatable bonds is 2. The van der Waals surface area contributed by atoms with Crippen LogP contribution in [-0.2, 0) is 10.8 Å². The Hall–Kier alpha value is 0.110. The van der Waals surface area contributed by atoms with E-state index in [1.807, 2.05) is 13.3 Å². The molecule has 2 nitrogen and oxygen atoms in total. The van der Waals surface area contributed by atoms with Gasteiger partial charge in [-0.3, -0.25) is 4.21 Å². The number of hydrogen-bond donors (Lipinski definition) is 1. The van der Waals surface area contributed by atoms with E-state index in [1.165, 1.54) is 6.42 Å². The van der Waals surface area contributed by atoms with Crippen LogP contribution in [0.15, 0.2) is 0 Å². The molecular formula is C9H19NOS. The summed E-state index contributed by atoms with van der Waals surface area (Å²) in [6.07, 6.45) is 4.10. The van der Waals surface area contributed by atoms with E-state index in [4.69, 9.17) is 0 Å². The Balaban J connectivity index is 2.76. The Bertz CT molecular complexity index is 191. The second kappa shape index (κ2) is 3.46. The van der Waals surface area contributed by atoms with Crippen LogP contribution in [-0.4, -0.2) is 28.8 Å². The van der Waals surface area contributed by atoms with Crippen LogP contribution in [0.25, 0.3) is 0 Å². The predicted molar refractivity (Wildman–Crippen MR) is 53.7 cm³/mol. The van der Waals surface area contributed by atoms with Gasteiger partial charge in [0.05, 0.1) is 5.25 Å². The van der Waals surface area contributed by atoms with Gasteiger partial charge in [0.25, 0.3) is 0 Å². The van der Waals surface area contributed by atoms with Crippen molar-refractivity contribution in [2.75, 3.05) is 13.3 Å². The molecule has 0 aliphatic heterocycles. The molecule has 0 heterocycles. The molecule has 0 saturated heterocycles. The molecule has 0 aromatic heterocycles. The third-order valence-electron chi connectivity index (χ3n) is 3.02. The standard InChI is InChI=1S/C9H19NOS/c1-9(2)6-5-7(12(4)11)8(9)10-3/h7-8,10H,5-6H2,1-4H3. The fourth-order valence-electron chi connectivity index (χ4n) is 2.27. The molecule has 1 fully saturated rings. The minimum Gasteiger partial charge on any atom is -0.315 e. The van der Waals surface area contributed by atoms with Gasteiger partial charge in [-0.1, -0.05) is 13.8 Å². The van der Waals surface area contributed by atoms with Gasteiger partial charge in [-0.05, 0) is 25.3 Å². The van der Waals surface area contributed by atoms with Gasteiger partial charge in [0.2, 0.25) is 0 Å². The van der Waals surface area contributed by atoms with Crippen LogP contribution in [0, 0.1) is 5.41 Å². The van der Waals surface area contributed by atoms with E-state index < -0.39 is 10.8 Å². The zero-order valence-electron chi connectivity index (χ0n) is 8.39. The molecule has 0 aromatic rings. The van der Waals surface area contributed by atoms with Crippen molar-refractivity contribution in [3.05, 3.63) is 0 Å². The molecule has 0 aromatic carbocycles. The van der Waals surface area contributed by atoms with Gasteiger partial charge in [0.15, 0.2) is 0 Å². The zero-order chi connectivity index (χ0) is 9.35. The van der Waals surface area contributed by atoms with Gasteiger partial charge in [-0.25, -0.2) is 0 Å². The summed E-state index contributed by atoms with van der Waals surface area (Å²) >= 11 is 0. The largest absolute Gasteiger partial charge is 0.315 e. The summed E-state index contributed by atoms with van der Waals surface area (Å²) in [5.74, 6) is 0. The third-order valence-corrected chi connectivity index (χ3v) is 4.38. The first-order chi connectivity index (χ1) is 5.49. The maximum Gasteiger partial charge on any atom is 0.0503 e. The SMILES string of the molecule is CNC1C(S(C)=O)CCC1(C)C. The molecule has 1 N–H and O–H groups in total. The summed E-state index contributed by atoms with van der Waals surface area (Å²) in [5.41, 5.74) is 0.311. The van der Waals surface area contributed by atoms with Crippen molar-refractivity contribution in [1.82, 2.24) is 5.32 Å². The fourth-order valence-corrected chi connectivity index (χ4v) is 3.61. The van der Waals surface area contributed by atoms with Crippen molar-refractivity contribution in [2.45, 2.75) is 38.0 Å². The molecule has 1 saturated carbocycles. The summed E-state index contributed by atoms with van der Waals surface area (Å²) in [4.78, 5) is 0. The molecule has 3 atom stereocenters. The highest BCUT2D eigenvalue weighted by molar-refractivity contribution is 7.85. The van der Waals surface area contributed by atoms with Crippen LogP contribution in [0.1, 0.15) is 26.7 Å². The van der Waals surface area contributed by atoms with Gasteiger partial charge < -0.3 is 5.32 Å². The molecule has 1 aliphatic rings. The van der Waals surface area contributed by atoms with E-state index in [-0.39, 0.29) is 0 Å². The van der Waals surface area contributed by atoms with Crippen LogP contribution in [0.5, 0.6) is 0 Å². The van der Waals surface area contributed by atoms with Crippen molar-refractivity contribution < 1.29 is 4.21 Å². The molecule has 3 unspecified atom stereocenters. The highest BCUT2D eigenvalue weighted by Crippen LogP contribution is 2.39. The van der Waals surface area contributed by atoms with Crippen molar-refractivity contribution in [2.24, 2.45) is 5.41 Å². The monoisotopic (exact) mass is 189 g/mol. The first-order valence-corrected chi connectivity index (χ1v) is 6.10. The highest BCUT2D eigenvalue weighted by Gasteiger charge is 2.42. The number of nitrogens with one attached hydrogen (secondary N) is 1. The van der Waals surface area contributed by atoms with Gasteiger partial charge in [-0.15, -0.1) is 0 Å². The van der Waals surface area contributed by atoms with Crippen LogP contribution < -0.4 is 5.32 Å². The first-order valence-electron chi connectivity index (χ1n) is 4.48. The topological polar surface area (TPSA) is 29.1 Å². The summed E-state index contributed by atoms with van der Waals surface area (Å²) in [5, 5.41) is 3.64. The molecule has 1 aliphatic carbocycles. The van der Waals surface area contributed by atoms with Gasteiger partial charge in [0, 0.05) is 23.1 Å². The van der Waals surface area contributed by atoms with Crippen LogP contribution >= 0.6 is 0 Å². The molecule has 72 valence electrons. The Kier molecular flexibility index (Phi) is 2.94. The average molecular weight is 189 g/mol. The Labute approximate surface area is 77.6 Å². The van der Waals surface area contributed by atoms with Crippen LogP contribution in [0.2, 0.25) is 0 Å². The van der Waals surface area contributed by atoms with Crippen molar-refractivity contribution in [3.8, 4) is 0 Å². The molecular weight excluding hydrogens is 170 g/mol. The van der Waals surface area contributed by atoms with E-state index in [0.717, 1.165) is 6.42 Å². The summed E-state index contributed by atoms with van der Waals surface area (Å²) in [6.45, 7) is 4.50. The molecule has 12 heavy (non-hydrogen) atoms. The summed E-state index contributed by atoms with van der Waals surface area (Å²) in [7, 11) is 1.29. The lowest BCUT2D eigenvalue weighted by Gasteiger charge is -2.29. The van der Waals surface area contributed by atoms with E-state index in [0.29, 0.717) is 16.7 Å². The highest BCUT2D eigenvalue weighted by atomic mass is 32.2. The molecule has 1 rings (SSSR count). The molecule has 0 bridgehead atoms. The molecule has 0 radical (unpaired) electrons. The van der Waals surface area contributed by atoms with Crippen molar-refractivity contribution in [1.29, 1.82) is 0 Å². The lowest BCUT2D eigenvalue weighted by atomic mass is 9.87. The minimum absolute atomic E-state index is 0.311. The van der Waals surface area contributed by atoms with Crippen molar-refractivity contribution in [3.63, 3.8) is 0 Å². The Morgan fingerprint density at radius 3 is 2.42 bits per heavy atom. The van der Waals surface area contributed by atoms with Gasteiger partial charge in [-0.2, -0.15) is 0 Å². The van der Waals surface area contributed by atoms with E-state index in [9.17, 15) is 4.21 Å². The van der Waals surface area contributed by atoms with Crippen molar-refractivity contribution >= 4 is 10.8 Å².